The lowest BCUT2D eigenvalue weighted by Crippen LogP contribution is -2.37. The van der Waals surface area contributed by atoms with E-state index in [1.165, 1.54) is 32.2 Å². The molecule has 0 aliphatic carbocycles. The number of piperidine rings is 1. The van der Waals surface area contributed by atoms with Crippen LogP contribution < -0.4 is 15.4 Å². The number of ether oxygens (including phenoxy) is 1. The lowest BCUT2D eigenvalue weighted by Gasteiger charge is -2.27. The van der Waals surface area contributed by atoms with Gasteiger partial charge in [-0.05, 0) is 44.9 Å². The molecule has 1 heterocycles. The number of methoxy groups -OCH3 is 1. The molecule has 18 heavy (non-hydrogen) atoms. The smallest absolute Gasteiger partial charge is 0.120 e. The van der Waals surface area contributed by atoms with E-state index in [0.717, 1.165) is 11.4 Å². The fourth-order valence-electron chi connectivity index (χ4n) is 2.61. The van der Waals surface area contributed by atoms with Crippen molar-refractivity contribution >= 4 is 5.69 Å². The van der Waals surface area contributed by atoms with E-state index in [4.69, 9.17) is 4.74 Å². The molecule has 0 aromatic heterocycles. The van der Waals surface area contributed by atoms with Crippen LogP contribution in [-0.2, 0) is 0 Å². The fraction of sp³-hybridized carbons (Fsp3) is 0.600. The van der Waals surface area contributed by atoms with Crippen molar-refractivity contribution in [2.45, 2.75) is 44.7 Å². The highest BCUT2D eigenvalue weighted by molar-refractivity contribution is 5.48. The predicted molar refractivity (Wildman–Crippen MR) is 76.3 cm³/mol. The van der Waals surface area contributed by atoms with Crippen LogP contribution in [0.3, 0.4) is 0 Å². The highest BCUT2D eigenvalue weighted by Crippen LogP contribution is 2.19. The molecule has 0 amide bonds. The van der Waals surface area contributed by atoms with Crippen LogP contribution in [0.25, 0.3) is 0 Å². The van der Waals surface area contributed by atoms with Gasteiger partial charge < -0.3 is 15.4 Å². The Morgan fingerprint density at radius 2 is 2.33 bits per heavy atom. The molecule has 0 bridgehead atoms. The van der Waals surface area contributed by atoms with Gasteiger partial charge in [0.2, 0.25) is 0 Å². The minimum atomic E-state index is 0.479. The average molecular weight is 248 g/mol. The molecule has 3 heteroatoms. The molecule has 1 aromatic carbocycles. The molecule has 100 valence electrons. The summed E-state index contributed by atoms with van der Waals surface area (Å²) in [5.41, 5.74) is 1.14. The van der Waals surface area contributed by atoms with Gasteiger partial charge in [-0.2, -0.15) is 0 Å². The summed E-state index contributed by atoms with van der Waals surface area (Å²) in [5.74, 6) is 0.906. The molecule has 0 saturated carbocycles. The third kappa shape index (κ3) is 3.91. The van der Waals surface area contributed by atoms with Crippen molar-refractivity contribution in [2.75, 3.05) is 19.0 Å². The van der Waals surface area contributed by atoms with Gasteiger partial charge in [0.1, 0.15) is 5.75 Å². The SMILES string of the molecule is COc1cccc(NC(C)CC2CCCCN2)c1. The molecule has 2 N–H and O–H groups in total. The minimum Gasteiger partial charge on any atom is -0.497 e. The third-order valence-electron chi connectivity index (χ3n) is 3.53. The van der Waals surface area contributed by atoms with Crippen LogP contribution in [0.2, 0.25) is 0 Å². The first-order chi connectivity index (χ1) is 8.78. The van der Waals surface area contributed by atoms with E-state index in [2.05, 4.69) is 23.6 Å². The lowest BCUT2D eigenvalue weighted by molar-refractivity contribution is 0.371. The Hall–Kier alpha value is -1.22. The number of nitrogens with one attached hydrogen (secondary N) is 2. The molecule has 1 fully saturated rings. The Balaban J connectivity index is 1.83. The van der Waals surface area contributed by atoms with Gasteiger partial charge in [-0.3, -0.25) is 0 Å². The van der Waals surface area contributed by atoms with E-state index >= 15 is 0 Å². The first-order valence-corrected chi connectivity index (χ1v) is 6.92. The second-order valence-electron chi connectivity index (χ2n) is 5.16. The van der Waals surface area contributed by atoms with Crippen LogP contribution in [0.15, 0.2) is 24.3 Å². The van der Waals surface area contributed by atoms with Crippen molar-refractivity contribution in [3.63, 3.8) is 0 Å². The van der Waals surface area contributed by atoms with Crippen molar-refractivity contribution < 1.29 is 4.74 Å². The first-order valence-electron chi connectivity index (χ1n) is 6.92. The van der Waals surface area contributed by atoms with Gasteiger partial charge in [0.15, 0.2) is 0 Å². The normalized spacial score (nSPS) is 21.3. The number of rotatable bonds is 5. The van der Waals surface area contributed by atoms with Crippen molar-refractivity contribution in [1.82, 2.24) is 5.32 Å². The van der Waals surface area contributed by atoms with Gasteiger partial charge in [-0.15, -0.1) is 0 Å². The summed E-state index contributed by atoms with van der Waals surface area (Å²) >= 11 is 0. The van der Waals surface area contributed by atoms with E-state index in [-0.39, 0.29) is 0 Å². The Morgan fingerprint density at radius 3 is 3.06 bits per heavy atom. The molecule has 2 unspecified atom stereocenters. The van der Waals surface area contributed by atoms with Gasteiger partial charge in [-0.1, -0.05) is 12.5 Å². The molecular formula is C15H24N2O. The molecule has 1 aliphatic heterocycles. The molecule has 3 nitrogen and oxygen atoms in total. The van der Waals surface area contributed by atoms with E-state index in [9.17, 15) is 0 Å². The minimum absolute atomic E-state index is 0.479. The van der Waals surface area contributed by atoms with Crippen LogP contribution in [0, 0.1) is 0 Å². The van der Waals surface area contributed by atoms with Crippen molar-refractivity contribution in [3.05, 3.63) is 24.3 Å². The molecule has 0 radical (unpaired) electrons. The molecule has 1 aliphatic rings. The van der Waals surface area contributed by atoms with E-state index < -0.39 is 0 Å². The third-order valence-corrected chi connectivity index (χ3v) is 3.53. The average Bonchev–Trinajstić information content (AvgIpc) is 2.40. The quantitative estimate of drug-likeness (QED) is 0.840. The monoisotopic (exact) mass is 248 g/mol. The number of hydrogen-bond donors (Lipinski definition) is 2. The first kappa shape index (κ1) is 13.2. The summed E-state index contributed by atoms with van der Waals surface area (Å²) in [5, 5.41) is 7.14. The second kappa shape index (κ2) is 6.64. The van der Waals surface area contributed by atoms with Gasteiger partial charge in [0, 0.05) is 23.8 Å². The second-order valence-corrected chi connectivity index (χ2v) is 5.16. The Bertz CT molecular complexity index is 361. The summed E-state index contributed by atoms with van der Waals surface area (Å²) in [6.45, 7) is 3.42. The molecule has 2 rings (SSSR count). The van der Waals surface area contributed by atoms with Crippen molar-refractivity contribution in [3.8, 4) is 5.75 Å². The molecule has 1 saturated heterocycles. The van der Waals surface area contributed by atoms with Gasteiger partial charge in [0.05, 0.1) is 7.11 Å². The van der Waals surface area contributed by atoms with Crippen LogP contribution in [-0.4, -0.2) is 25.7 Å². The zero-order chi connectivity index (χ0) is 12.8. The van der Waals surface area contributed by atoms with Gasteiger partial charge >= 0.3 is 0 Å². The molecule has 1 aromatic rings. The summed E-state index contributed by atoms with van der Waals surface area (Å²) < 4.78 is 5.23. The standard InChI is InChI=1S/C15H24N2O/c1-12(10-13-6-3-4-9-16-13)17-14-7-5-8-15(11-14)18-2/h5,7-8,11-13,16-17H,3-4,6,9-10H2,1-2H3. The Kier molecular flexibility index (Phi) is 4.88. The Morgan fingerprint density at radius 1 is 1.44 bits per heavy atom. The summed E-state index contributed by atoms with van der Waals surface area (Å²) in [6.07, 6.45) is 5.18. The largest absolute Gasteiger partial charge is 0.497 e. The summed E-state index contributed by atoms with van der Waals surface area (Å²) in [4.78, 5) is 0. The van der Waals surface area contributed by atoms with Crippen LogP contribution in [0.5, 0.6) is 5.75 Å². The Labute approximate surface area is 110 Å². The van der Waals surface area contributed by atoms with E-state index in [0.29, 0.717) is 12.1 Å². The zero-order valence-corrected chi connectivity index (χ0v) is 11.4. The maximum atomic E-state index is 5.23. The highest BCUT2D eigenvalue weighted by Gasteiger charge is 2.15. The molecule has 2 atom stereocenters. The molecular weight excluding hydrogens is 224 g/mol. The van der Waals surface area contributed by atoms with Gasteiger partial charge in [0.25, 0.3) is 0 Å². The van der Waals surface area contributed by atoms with E-state index in [1.807, 2.05) is 18.2 Å². The number of anilines is 1. The van der Waals surface area contributed by atoms with E-state index in [1.54, 1.807) is 7.11 Å². The summed E-state index contributed by atoms with van der Waals surface area (Å²) in [7, 11) is 1.70. The van der Waals surface area contributed by atoms with Crippen LogP contribution in [0.1, 0.15) is 32.6 Å². The number of benzene rings is 1. The lowest BCUT2D eigenvalue weighted by atomic mass is 9.98. The van der Waals surface area contributed by atoms with Crippen LogP contribution in [0.4, 0.5) is 5.69 Å². The summed E-state index contributed by atoms with van der Waals surface area (Å²) in [6, 6.07) is 9.28. The maximum absolute atomic E-state index is 5.23. The van der Waals surface area contributed by atoms with Crippen molar-refractivity contribution in [1.29, 1.82) is 0 Å². The fourth-order valence-corrected chi connectivity index (χ4v) is 2.61. The number of hydrogen-bond acceptors (Lipinski definition) is 3. The molecule has 0 spiro atoms. The predicted octanol–water partition coefficient (Wildman–Crippen LogP) is 3.03. The highest BCUT2D eigenvalue weighted by atomic mass is 16.5. The topological polar surface area (TPSA) is 33.3 Å². The zero-order valence-electron chi connectivity index (χ0n) is 11.4. The van der Waals surface area contributed by atoms with Gasteiger partial charge in [-0.25, -0.2) is 0 Å². The maximum Gasteiger partial charge on any atom is 0.120 e. The van der Waals surface area contributed by atoms with Crippen molar-refractivity contribution in [2.24, 2.45) is 0 Å². The van der Waals surface area contributed by atoms with Crippen LogP contribution >= 0.6 is 0 Å².